The summed E-state index contributed by atoms with van der Waals surface area (Å²) in [6, 6.07) is 12.5. The lowest BCUT2D eigenvalue weighted by molar-refractivity contribution is -0.125. The topological polar surface area (TPSA) is 67.8 Å². The molecule has 0 aromatic heterocycles. The van der Waals surface area contributed by atoms with E-state index in [4.69, 9.17) is 4.84 Å². The molecule has 0 spiro atoms. The molecule has 5 nitrogen and oxygen atoms in total. The van der Waals surface area contributed by atoms with E-state index in [0.29, 0.717) is 23.4 Å². The third kappa shape index (κ3) is 3.48. The van der Waals surface area contributed by atoms with E-state index in [9.17, 15) is 14.0 Å². The highest BCUT2D eigenvalue weighted by atomic mass is 19.1. The van der Waals surface area contributed by atoms with Gasteiger partial charge in [-0.3, -0.25) is 9.59 Å². The standard InChI is InChI=1S/C18H15FN2O3/c1-11(22)12-4-8-15(9-5-12)20-18(23)17-10-16(21-24-17)13-2-6-14(19)7-3-13/h2-9,17H,10H2,1H3,(H,20,23)/t17-/m1/s1. The number of hydrogen-bond acceptors (Lipinski definition) is 4. The quantitative estimate of drug-likeness (QED) is 0.878. The van der Waals surface area contributed by atoms with E-state index in [0.717, 1.165) is 5.56 Å². The van der Waals surface area contributed by atoms with Crippen molar-refractivity contribution in [1.29, 1.82) is 0 Å². The predicted octanol–water partition coefficient (Wildman–Crippen LogP) is 3.16. The maximum Gasteiger partial charge on any atom is 0.268 e. The molecular weight excluding hydrogens is 311 g/mol. The Morgan fingerprint density at radius 1 is 1.12 bits per heavy atom. The van der Waals surface area contributed by atoms with E-state index in [1.807, 2.05) is 0 Å². The maximum absolute atomic E-state index is 12.9. The number of halogens is 1. The third-order valence-corrected chi connectivity index (χ3v) is 3.70. The van der Waals surface area contributed by atoms with Crippen LogP contribution >= 0.6 is 0 Å². The van der Waals surface area contributed by atoms with Crippen molar-refractivity contribution in [1.82, 2.24) is 0 Å². The van der Waals surface area contributed by atoms with E-state index in [-0.39, 0.29) is 17.5 Å². The van der Waals surface area contributed by atoms with E-state index < -0.39 is 6.10 Å². The molecule has 0 radical (unpaired) electrons. The van der Waals surface area contributed by atoms with Gasteiger partial charge in [-0.15, -0.1) is 0 Å². The van der Waals surface area contributed by atoms with Gasteiger partial charge in [-0.1, -0.05) is 17.3 Å². The van der Waals surface area contributed by atoms with Gasteiger partial charge in [0.15, 0.2) is 5.78 Å². The number of benzene rings is 2. The Balaban J connectivity index is 1.61. The van der Waals surface area contributed by atoms with Crippen LogP contribution in [0.4, 0.5) is 10.1 Å². The summed E-state index contributed by atoms with van der Waals surface area (Å²) in [7, 11) is 0. The van der Waals surface area contributed by atoms with Crippen LogP contribution in [0.2, 0.25) is 0 Å². The summed E-state index contributed by atoms with van der Waals surface area (Å²) < 4.78 is 12.9. The van der Waals surface area contributed by atoms with Gasteiger partial charge in [-0.2, -0.15) is 0 Å². The Bertz CT molecular complexity index is 798. The summed E-state index contributed by atoms with van der Waals surface area (Å²) in [5.41, 5.74) is 2.47. The number of rotatable bonds is 4. The van der Waals surface area contributed by atoms with Crippen molar-refractivity contribution in [2.24, 2.45) is 5.16 Å². The first-order valence-corrected chi connectivity index (χ1v) is 7.43. The van der Waals surface area contributed by atoms with Gasteiger partial charge in [-0.05, 0) is 48.9 Å². The molecule has 0 aliphatic carbocycles. The number of nitrogens with one attached hydrogen (secondary N) is 1. The molecule has 1 atom stereocenters. The Hall–Kier alpha value is -3.02. The van der Waals surface area contributed by atoms with Crippen molar-refractivity contribution in [2.75, 3.05) is 5.32 Å². The largest absolute Gasteiger partial charge is 0.382 e. The highest BCUT2D eigenvalue weighted by Gasteiger charge is 2.28. The average Bonchev–Trinajstić information content (AvgIpc) is 3.06. The molecule has 0 bridgehead atoms. The SMILES string of the molecule is CC(=O)c1ccc(NC(=O)[C@H]2CC(c3ccc(F)cc3)=NO2)cc1. The fourth-order valence-electron chi connectivity index (χ4n) is 2.34. The first kappa shape index (κ1) is 15.9. The molecular formula is C18H15FN2O3. The van der Waals surface area contributed by atoms with Crippen molar-refractivity contribution >= 4 is 23.1 Å². The number of carbonyl (C=O) groups is 2. The van der Waals surface area contributed by atoms with Gasteiger partial charge in [0.1, 0.15) is 5.82 Å². The minimum Gasteiger partial charge on any atom is -0.382 e. The van der Waals surface area contributed by atoms with Crippen LogP contribution in [0.25, 0.3) is 0 Å². The summed E-state index contributed by atoms with van der Waals surface area (Å²) in [6.45, 7) is 1.48. The molecule has 1 N–H and O–H groups in total. The molecule has 2 aromatic carbocycles. The number of hydrogen-bond donors (Lipinski definition) is 1. The van der Waals surface area contributed by atoms with Crippen molar-refractivity contribution in [3.63, 3.8) is 0 Å². The van der Waals surface area contributed by atoms with Gasteiger partial charge in [0, 0.05) is 17.7 Å². The molecule has 24 heavy (non-hydrogen) atoms. The van der Waals surface area contributed by atoms with Gasteiger partial charge in [0.2, 0.25) is 6.10 Å². The Morgan fingerprint density at radius 2 is 1.79 bits per heavy atom. The van der Waals surface area contributed by atoms with Crippen molar-refractivity contribution in [3.05, 3.63) is 65.5 Å². The van der Waals surface area contributed by atoms with Crippen molar-refractivity contribution < 1.29 is 18.8 Å². The maximum atomic E-state index is 12.9. The van der Waals surface area contributed by atoms with Gasteiger partial charge in [0.25, 0.3) is 5.91 Å². The second-order valence-electron chi connectivity index (χ2n) is 5.47. The van der Waals surface area contributed by atoms with Crippen molar-refractivity contribution in [2.45, 2.75) is 19.4 Å². The number of anilines is 1. The molecule has 2 aromatic rings. The van der Waals surface area contributed by atoms with Gasteiger partial charge in [-0.25, -0.2) is 4.39 Å². The highest BCUT2D eigenvalue weighted by Crippen LogP contribution is 2.19. The first-order valence-electron chi connectivity index (χ1n) is 7.43. The van der Waals surface area contributed by atoms with Gasteiger partial charge < -0.3 is 10.2 Å². The zero-order valence-corrected chi connectivity index (χ0v) is 13.0. The summed E-state index contributed by atoms with van der Waals surface area (Å²) in [4.78, 5) is 28.6. The summed E-state index contributed by atoms with van der Waals surface area (Å²) in [5, 5.41) is 6.63. The molecule has 1 aliphatic rings. The zero-order chi connectivity index (χ0) is 17.1. The molecule has 1 heterocycles. The van der Waals surface area contributed by atoms with Crippen LogP contribution in [0.1, 0.15) is 29.3 Å². The molecule has 0 fully saturated rings. The number of oxime groups is 1. The predicted molar refractivity (Wildman–Crippen MR) is 87.5 cm³/mol. The minimum atomic E-state index is -0.738. The molecule has 0 saturated heterocycles. The lowest BCUT2D eigenvalue weighted by Crippen LogP contribution is -2.28. The van der Waals surface area contributed by atoms with Crippen LogP contribution in [-0.4, -0.2) is 23.5 Å². The van der Waals surface area contributed by atoms with Crippen LogP contribution in [0.5, 0.6) is 0 Å². The summed E-state index contributed by atoms with van der Waals surface area (Å²) >= 11 is 0. The lowest BCUT2D eigenvalue weighted by atomic mass is 10.0. The number of carbonyl (C=O) groups excluding carboxylic acids is 2. The highest BCUT2D eigenvalue weighted by molar-refractivity contribution is 6.06. The monoisotopic (exact) mass is 326 g/mol. The second-order valence-corrected chi connectivity index (χ2v) is 5.47. The first-order chi connectivity index (χ1) is 11.5. The average molecular weight is 326 g/mol. The van der Waals surface area contributed by atoms with E-state index in [2.05, 4.69) is 10.5 Å². The molecule has 1 amide bonds. The van der Waals surface area contributed by atoms with Crippen LogP contribution in [0.15, 0.2) is 53.7 Å². The number of amides is 1. The van der Waals surface area contributed by atoms with Crippen LogP contribution in [0.3, 0.4) is 0 Å². The number of nitrogens with zero attached hydrogens (tertiary/aromatic N) is 1. The van der Waals surface area contributed by atoms with E-state index in [1.165, 1.54) is 19.1 Å². The molecule has 3 rings (SSSR count). The van der Waals surface area contributed by atoms with Gasteiger partial charge >= 0.3 is 0 Å². The number of ketones is 1. The Kier molecular flexibility index (Phi) is 4.37. The molecule has 0 unspecified atom stereocenters. The molecule has 1 aliphatic heterocycles. The van der Waals surface area contributed by atoms with Gasteiger partial charge in [0.05, 0.1) is 5.71 Å². The smallest absolute Gasteiger partial charge is 0.268 e. The van der Waals surface area contributed by atoms with Crippen LogP contribution in [0, 0.1) is 5.82 Å². The molecule has 0 saturated carbocycles. The van der Waals surface area contributed by atoms with Crippen LogP contribution < -0.4 is 5.32 Å². The van der Waals surface area contributed by atoms with E-state index in [1.54, 1.807) is 36.4 Å². The lowest BCUT2D eigenvalue weighted by Gasteiger charge is -2.09. The normalized spacial score (nSPS) is 16.2. The fraction of sp³-hybridized carbons (Fsp3) is 0.167. The molecule has 122 valence electrons. The van der Waals surface area contributed by atoms with E-state index >= 15 is 0 Å². The Morgan fingerprint density at radius 3 is 2.42 bits per heavy atom. The second kappa shape index (κ2) is 6.62. The molecule has 6 heteroatoms. The number of Topliss-reactive ketones (excluding diaryl/α,β-unsaturated/α-hetero) is 1. The third-order valence-electron chi connectivity index (χ3n) is 3.70. The summed E-state index contributed by atoms with van der Waals surface area (Å²) in [5.74, 6) is -0.697. The fourth-order valence-corrected chi connectivity index (χ4v) is 2.34. The van der Waals surface area contributed by atoms with Crippen LogP contribution in [-0.2, 0) is 9.63 Å². The van der Waals surface area contributed by atoms with Crippen molar-refractivity contribution in [3.8, 4) is 0 Å². The Labute approximate surface area is 138 Å². The summed E-state index contributed by atoms with van der Waals surface area (Å²) in [6.07, 6.45) is -0.430. The zero-order valence-electron chi connectivity index (χ0n) is 13.0. The minimum absolute atomic E-state index is 0.0376.